The first-order valence-electron chi connectivity index (χ1n) is 10.3. The summed E-state index contributed by atoms with van der Waals surface area (Å²) in [7, 11) is 0. The Morgan fingerprint density at radius 3 is 2.47 bits per heavy atom. The topological polar surface area (TPSA) is 60.5 Å². The molecule has 30 heavy (non-hydrogen) atoms. The molecule has 2 heterocycles. The first-order valence-corrected chi connectivity index (χ1v) is 11.5. The van der Waals surface area contributed by atoms with Crippen LogP contribution in [0.15, 0.2) is 16.6 Å². The van der Waals surface area contributed by atoms with Gasteiger partial charge in [0.1, 0.15) is 4.99 Å². The van der Waals surface area contributed by atoms with Gasteiger partial charge in [0.2, 0.25) is 0 Å². The van der Waals surface area contributed by atoms with E-state index in [1.54, 1.807) is 4.90 Å². The third-order valence-electron chi connectivity index (χ3n) is 4.97. The summed E-state index contributed by atoms with van der Waals surface area (Å²) in [6.07, 6.45) is 0.241. The lowest BCUT2D eigenvalue weighted by molar-refractivity contribution is -0.137. The minimum absolute atomic E-state index is 0.0546. The Labute approximate surface area is 191 Å². The summed E-state index contributed by atoms with van der Waals surface area (Å²) in [5, 5.41) is 0. The van der Waals surface area contributed by atoms with Crippen LogP contribution < -0.4 is 9.47 Å². The van der Waals surface area contributed by atoms with Crippen LogP contribution in [0.1, 0.15) is 26.3 Å². The van der Waals surface area contributed by atoms with Crippen molar-refractivity contribution in [2.75, 3.05) is 52.6 Å². The van der Waals surface area contributed by atoms with E-state index in [-0.39, 0.29) is 24.7 Å². The van der Waals surface area contributed by atoms with Crippen molar-refractivity contribution in [3.05, 3.63) is 22.2 Å². The van der Waals surface area contributed by atoms with Crippen LogP contribution in [0.25, 0.3) is 0 Å². The Morgan fingerprint density at radius 2 is 1.83 bits per heavy atom. The number of hydrogen-bond donors (Lipinski definition) is 0. The Bertz CT molecular complexity index is 762. The molecule has 0 radical (unpaired) electrons. The number of amides is 1. The van der Waals surface area contributed by atoms with E-state index in [4.69, 9.17) is 31.2 Å². The van der Waals surface area contributed by atoms with E-state index in [1.807, 2.05) is 19.1 Å². The molecule has 1 aromatic carbocycles. The fourth-order valence-corrected chi connectivity index (χ4v) is 4.48. The minimum Gasteiger partial charge on any atom is -0.490 e. The first-order chi connectivity index (χ1) is 14.4. The van der Waals surface area contributed by atoms with Gasteiger partial charge in [-0.2, -0.15) is 0 Å². The zero-order chi connectivity index (χ0) is 21.7. The Morgan fingerprint density at radius 1 is 1.17 bits per heavy atom. The molecule has 2 saturated heterocycles. The number of hydrogen-bond acceptors (Lipinski definition) is 6. The molecule has 2 fully saturated rings. The van der Waals surface area contributed by atoms with E-state index in [0.29, 0.717) is 48.9 Å². The van der Waals surface area contributed by atoms with Gasteiger partial charge in [-0.3, -0.25) is 4.79 Å². The third-order valence-corrected chi connectivity index (χ3v) is 6.05. The van der Waals surface area contributed by atoms with Crippen LogP contribution >= 0.6 is 28.1 Å². The number of benzene rings is 1. The highest BCUT2D eigenvalue weighted by Gasteiger charge is 2.26. The molecule has 1 aromatic rings. The standard InChI is InChI=1S/C21H29BrN2O5S/c1-4-27-18-10-16(21(30)24-11-14(2)29-15(3)12-24)9-17(22)20(18)28-13-19(25)23-5-7-26-8-6-23/h9-10,14-15H,4-8,11-13H2,1-3H3. The molecule has 0 aliphatic carbocycles. The van der Waals surface area contributed by atoms with Gasteiger partial charge < -0.3 is 28.7 Å². The maximum absolute atomic E-state index is 12.4. The maximum Gasteiger partial charge on any atom is 0.260 e. The van der Waals surface area contributed by atoms with Crippen molar-refractivity contribution in [3.63, 3.8) is 0 Å². The molecule has 3 rings (SSSR count). The number of nitrogens with zero attached hydrogens (tertiary/aromatic N) is 2. The number of morpholine rings is 2. The SMILES string of the molecule is CCOc1cc(C(=S)N2CC(C)OC(C)C2)cc(Br)c1OCC(=O)N1CCOCC1. The van der Waals surface area contributed by atoms with E-state index in [9.17, 15) is 4.79 Å². The van der Waals surface area contributed by atoms with Gasteiger partial charge in [-0.05, 0) is 48.8 Å². The Kier molecular flexibility index (Phi) is 8.33. The lowest BCUT2D eigenvalue weighted by Crippen LogP contribution is -2.47. The summed E-state index contributed by atoms with van der Waals surface area (Å²) in [5.41, 5.74) is 0.869. The van der Waals surface area contributed by atoms with Crippen molar-refractivity contribution >= 4 is 39.0 Å². The Hall–Kier alpha value is -1.42. The monoisotopic (exact) mass is 500 g/mol. The van der Waals surface area contributed by atoms with Crippen LogP contribution in [0.3, 0.4) is 0 Å². The van der Waals surface area contributed by atoms with Gasteiger partial charge in [0.05, 0.1) is 36.5 Å². The largest absolute Gasteiger partial charge is 0.490 e. The second kappa shape index (κ2) is 10.7. The van der Waals surface area contributed by atoms with Crippen LogP contribution in [0.2, 0.25) is 0 Å². The summed E-state index contributed by atoms with van der Waals surface area (Å²) in [5.74, 6) is 1.01. The predicted octanol–water partition coefficient (Wildman–Crippen LogP) is 2.87. The van der Waals surface area contributed by atoms with E-state index >= 15 is 0 Å². The number of ether oxygens (including phenoxy) is 4. The normalized spacial score (nSPS) is 22.0. The van der Waals surface area contributed by atoms with Crippen molar-refractivity contribution in [3.8, 4) is 11.5 Å². The average molecular weight is 501 g/mol. The van der Waals surface area contributed by atoms with E-state index in [0.717, 1.165) is 23.6 Å². The molecule has 2 unspecified atom stereocenters. The van der Waals surface area contributed by atoms with Crippen LogP contribution in [0, 0.1) is 0 Å². The summed E-state index contributed by atoms with van der Waals surface area (Å²) in [6.45, 7) is 10.2. The summed E-state index contributed by atoms with van der Waals surface area (Å²) in [6, 6.07) is 3.81. The zero-order valence-electron chi connectivity index (χ0n) is 17.7. The molecule has 0 saturated carbocycles. The Balaban J connectivity index is 1.74. The molecule has 166 valence electrons. The molecule has 7 nitrogen and oxygen atoms in total. The summed E-state index contributed by atoms with van der Waals surface area (Å²) in [4.78, 5) is 17.1. The number of carbonyl (C=O) groups excluding carboxylic acids is 1. The van der Waals surface area contributed by atoms with Crippen molar-refractivity contribution in [2.24, 2.45) is 0 Å². The quantitative estimate of drug-likeness (QED) is 0.556. The van der Waals surface area contributed by atoms with Gasteiger partial charge >= 0.3 is 0 Å². The number of thiocarbonyl (C=S) groups is 1. The smallest absolute Gasteiger partial charge is 0.260 e. The predicted molar refractivity (Wildman–Crippen MR) is 121 cm³/mol. The molecular weight excluding hydrogens is 472 g/mol. The molecule has 0 N–H and O–H groups in total. The van der Waals surface area contributed by atoms with Crippen LogP contribution in [-0.4, -0.2) is 85.5 Å². The molecule has 2 aliphatic heterocycles. The van der Waals surface area contributed by atoms with Gasteiger partial charge in [-0.1, -0.05) is 12.2 Å². The fourth-order valence-electron chi connectivity index (χ4n) is 3.66. The van der Waals surface area contributed by atoms with Crippen molar-refractivity contribution < 1.29 is 23.7 Å². The van der Waals surface area contributed by atoms with Gasteiger partial charge in [0.15, 0.2) is 18.1 Å². The van der Waals surface area contributed by atoms with Crippen molar-refractivity contribution in [2.45, 2.75) is 33.0 Å². The van der Waals surface area contributed by atoms with Gasteiger partial charge in [0.25, 0.3) is 5.91 Å². The summed E-state index contributed by atoms with van der Waals surface area (Å²) >= 11 is 9.34. The molecule has 0 spiro atoms. The van der Waals surface area contributed by atoms with E-state index in [1.165, 1.54) is 0 Å². The van der Waals surface area contributed by atoms with Crippen LogP contribution in [0.5, 0.6) is 11.5 Å². The van der Waals surface area contributed by atoms with E-state index in [2.05, 4.69) is 34.7 Å². The first kappa shape index (κ1) is 23.2. The van der Waals surface area contributed by atoms with Crippen molar-refractivity contribution in [1.29, 1.82) is 0 Å². The zero-order valence-corrected chi connectivity index (χ0v) is 20.1. The molecule has 0 bridgehead atoms. The molecule has 9 heteroatoms. The lowest BCUT2D eigenvalue weighted by atomic mass is 10.1. The summed E-state index contributed by atoms with van der Waals surface area (Å²) < 4.78 is 23.5. The molecule has 2 aliphatic rings. The van der Waals surface area contributed by atoms with Gasteiger partial charge in [-0.15, -0.1) is 0 Å². The average Bonchev–Trinajstić information content (AvgIpc) is 2.72. The van der Waals surface area contributed by atoms with Crippen molar-refractivity contribution in [1.82, 2.24) is 9.80 Å². The highest BCUT2D eigenvalue weighted by Crippen LogP contribution is 2.37. The highest BCUT2D eigenvalue weighted by molar-refractivity contribution is 9.10. The number of rotatable bonds is 6. The van der Waals surface area contributed by atoms with Crippen LogP contribution in [0.4, 0.5) is 0 Å². The highest BCUT2D eigenvalue weighted by atomic mass is 79.9. The van der Waals surface area contributed by atoms with E-state index < -0.39 is 0 Å². The fraction of sp³-hybridized carbons (Fsp3) is 0.619. The molecule has 0 aromatic heterocycles. The minimum atomic E-state index is -0.0662. The number of carbonyl (C=O) groups is 1. The molecular formula is C21H29BrN2O5S. The lowest BCUT2D eigenvalue weighted by Gasteiger charge is -2.37. The third kappa shape index (κ3) is 5.84. The molecule has 1 amide bonds. The second-order valence-electron chi connectivity index (χ2n) is 7.47. The molecule has 2 atom stereocenters. The van der Waals surface area contributed by atoms with Gasteiger partial charge in [0, 0.05) is 31.7 Å². The van der Waals surface area contributed by atoms with Crippen LogP contribution in [-0.2, 0) is 14.3 Å². The van der Waals surface area contributed by atoms with Gasteiger partial charge in [-0.25, -0.2) is 0 Å². The maximum atomic E-state index is 12.4. The second-order valence-corrected chi connectivity index (χ2v) is 8.71. The number of halogens is 1.